The molecule has 0 fully saturated rings. The van der Waals surface area contributed by atoms with Gasteiger partial charge in [0.15, 0.2) is 5.16 Å². The van der Waals surface area contributed by atoms with Crippen LogP contribution in [0.5, 0.6) is 0 Å². The molecular formula is C21H19F2N5O2S. The van der Waals surface area contributed by atoms with Gasteiger partial charge in [-0.25, -0.2) is 8.78 Å². The van der Waals surface area contributed by atoms with Gasteiger partial charge >= 0.3 is 0 Å². The average molecular weight is 443 g/mol. The topological polar surface area (TPSA) is 88.9 Å². The highest BCUT2D eigenvalue weighted by Gasteiger charge is 2.17. The van der Waals surface area contributed by atoms with Crippen molar-refractivity contribution < 1.29 is 18.4 Å². The maximum Gasteiger partial charge on any atom is 0.234 e. The molecule has 160 valence electrons. The Kier molecular flexibility index (Phi) is 7.50. The Balaban J connectivity index is 1.62. The SMILES string of the molecule is C=CCn1c(CC(=O)Nc2ccc(F)cc2)nnc1SCC(=O)Nc1ccccc1F. The fourth-order valence-electron chi connectivity index (χ4n) is 2.63. The summed E-state index contributed by atoms with van der Waals surface area (Å²) in [5.74, 6) is -1.31. The molecule has 3 rings (SSSR count). The van der Waals surface area contributed by atoms with E-state index in [9.17, 15) is 18.4 Å². The van der Waals surface area contributed by atoms with Crippen molar-refractivity contribution in [2.24, 2.45) is 0 Å². The Morgan fingerprint density at radius 3 is 2.48 bits per heavy atom. The van der Waals surface area contributed by atoms with Crippen LogP contribution >= 0.6 is 11.8 Å². The number of rotatable bonds is 9. The smallest absolute Gasteiger partial charge is 0.234 e. The number of hydrogen-bond donors (Lipinski definition) is 2. The Bertz CT molecular complexity index is 1090. The van der Waals surface area contributed by atoms with Gasteiger partial charge in [-0.15, -0.1) is 16.8 Å². The van der Waals surface area contributed by atoms with Crippen molar-refractivity contribution in [2.75, 3.05) is 16.4 Å². The summed E-state index contributed by atoms with van der Waals surface area (Å²) in [6.45, 7) is 4.03. The molecule has 0 bridgehead atoms. The number of anilines is 2. The molecule has 3 aromatic rings. The van der Waals surface area contributed by atoms with Gasteiger partial charge in [-0.1, -0.05) is 30.0 Å². The summed E-state index contributed by atoms with van der Waals surface area (Å²) < 4.78 is 28.3. The van der Waals surface area contributed by atoms with Crippen LogP contribution in [0.1, 0.15) is 5.82 Å². The van der Waals surface area contributed by atoms with Crippen molar-refractivity contribution >= 4 is 35.0 Å². The van der Waals surface area contributed by atoms with Gasteiger partial charge in [-0.3, -0.25) is 9.59 Å². The minimum Gasteiger partial charge on any atom is -0.326 e. The normalized spacial score (nSPS) is 10.5. The summed E-state index contributed by atoms with van der Waals surface area (Å²) in [6.07, 6.45) is 1.55. The van der Waals surface area contributed by atoms with Gasteiger partial charge < -0.3 is 15.2 Å². The fourth-order valence-corrected chi connectivity index (χ4v) is 3.40. The van der Waals surface area contributed by atoms with Crippen LogP contribution in [0.15, 0.2) is 66.3 Å². The molecule has 10 heteroatoms. The van der Waals surface area contributed by atoms with Crippen molar-refractivity contribution in [3.63, 3.8) is 0 Å². The monoisotopic (exact) mass is 443 g/mol. The van der Waals surface area contributed by atoms with Crippen LogP contribution < -0.4 is 10.6 Å². The van der Waals surface area contributed by atoms with Gasteiger partial charge in [0.1, 0.15) is 17.5 Å². The van der Waals surface area contributed by atoms with E-state index in [1.165, 1.54) is 42.5 Å². The average Bonchev–Trinajstić information content (AvgIpc) is 3.11. The van der Waals surface area contributed by atoms with Gasteiger partial charge in [0, 0.05) is 12.2 Å². The van der Waals surface area contributed by atoms with Crippen molar-refractivity contribution in [1.82, 2.24) is 14.8 Å². The van der Waals surface area contributed by atoms with E-state index in [2.05, 4.69) is 27.4 Å². The Labute approximate surface area is 181 Å². The molecule has 0 atom stereocenters. The summed E-state index contributed by atoms with van der Waals surface area (Å²) in [5.41, 5.74) is 0.555. The molecule has 31 heavy (non-hydrogen) atoms. The first-order valence-electron chi connectivity index (χ1n) is 9.22. The maximum absolute atomic E-state index is 13.7. The Hall–Kier alpha value is -3.53. The van der Waals surface area contributed by atoms with Crippen LogP contribution in [0.25, 0.3) is 0 Å². The van der Waals surface area contributed by atoms with Gasteiger partial charge in [-0.2, -0.15) is 0 Å². The lowest BCUT2D eigenvalue weighted by Crippen LogP contribution is -2.18. The summed E-state index contributed by atoms with van der Waals surface area (Å²) in [7, 11) is 0. The van der Waals surface area contributed by atoms with Crippen molar-refractivity contribution in [1.29, 1.82) is 0 Å². The van der Waals surface area contributed by atoms with E-state index in [1.54, 1.807) is 16.7 Å². The lowest BCUT2D eigenvalue weighted by atomic mass is 10.3. The molecule has 0 aliphatic heterocycles. The van der Waals surface area contributed by atoms with E-state index in [4.69, 9.17) is 0 Å². The number of thioether (sulfide) groups is 1. The van der Waals surface area contributed by atoms with E-state index in [1.807, 2.05) is 0 Å². The highest BCUT2D eigenvalue weighted by Crippen LogP contribution is 2.19. The summed E-state index contributed by atoms with van der Waals surface area (Å²) >= 11 is 1.11. The van der Waals surface area contributed by atoms with E-state index >= 15 is 0 Å². The van der Waals surface area contributed by atoms with Crippen LogP contribution in [0.2, 0.25) is 0 Å². The number of allylic oxidation sites excluding steroid dienone is 1. The standard InChI is InChI=1S/C21H19F2N5O2S/c1-2-11-28-18(12-19(29)24-15-9-7-14(22)8-10-15)26-27-21(28)31-13-20(30)25-17-6-4-3-5-16(17)23/h2-10H,1,11-13H2,(H,24,29)(H,25,30). The number of nitrogens with one attached hydrogen (secondary N) is 2. The molecule has 7 nitrogen and oxygen atoms in total. The number of benzene rings is 2. The zero-order valence-electron chi connectivity index (χ0n) is 16.3. The predicted molar refractivity (Wildman–Crippen MR) is 115 cm³/mol. The molecular weight excluding hydrogens is 424 g/mol. The quantitative estimate of drug-likeness (QED) is 0.389. The molecule has 2 N–H and O–H groups in total. The van der Waals surface area contributed by atoms with E-state index in [0.29, 0.717) is 23.2 Å². The maximum atomic E-state index is 13.7. The number of hydrogen-bond acceptors (Lipinski definition) is 5. The lowest BCUT2D eigenvalue weighted by Gasteiger charge is -2.09. The number of aromatic nitrogens is 3. The van der Waals surface area contributed by atoms with Gasteiger partial charge in [0.25, 0.3) is 0 Å². The highest BCUT2D eigenvalue weighted by molar-refractivity contribution is 7.99. The minimum atomic E-state index is -0.523. The number of amides is 2. The van der Waals surface area contributed by atoms with Crippen LogP contribution in [-0.4, -0.2) is 32.3 Å². The number of para-hydroxylation sites is 1. The first-order chi connectivity index (χ1) is 15.0. The summed E-state index contributed by atoms with van der Waals surface area (Å²) in [5, 5.41) is 13.7. The third kappa shape index (κ3) is 6.22. The van der Waals surface area contributed by atoms with Crippen LogP contribution in [0.4, 0.5) is 20.2 Å². The summed E-state index contributed by atoms with van der Waals surface area (Å²) in [4.78, 5) is 24.5. The number of carbonyl (C=O) groups is 2. The van der Waals surface area contributed by atoms with Crippen molar-refractivity contribution in [3.05, 3.63) is 78.6 Å². The molecule has 0 unspecified atom stereocenters. The molecule has 0 aliphatic rings. The largest absolute Gasteiger partial charge is 0.326 e. The first kappa shape index (κ1) is 22.2. The Morgan fingerprint density at radius 1 is 1.03 bits per heavy atom. The second-order valence-corrected chi connectivity index (χ2v) is 7.29. The van der Waals surface area contributed by atoms with Crippen LogP contribution in [0.3, 0.4) is 0 Å². The highest BCUT2D eigenvalue weighted by atomic mass is 32.2. The third-order valence-electron chi connectivity index (χ3n) is 4.03. The molecule has 2 aromatic carbocycles. The second-order valence-electron chi connectivity index (χ2n) is 6.35. The van der Waals surface area contributed by atoms with Gasteiger partial charge in [-0.05, 0) is 36.4 Å². The molecule has 1 heterocycles. The third-order valence-corrected chi connectivity index (χ3v) is 5.00. The number of carbonyl (C=O) groups excluding carboxylic acids is 2. The molecule has 1 aromatic heterocycles. The van der Waals surface area contributed by atoms with E-state index in [-0.39, 0.29) is 23.8 Å². The van der Waals surface area contributed by atoms with E-state index in [0.717, 1.165) is 11.8 Å². The van der Waals surface area contributed by atoms with Gasteiger partial charge in [0.05, 0.1) is 17.9 Å². The fraction of sp³-hybridized carbons (Fsp3) is 0.143. The van der Waals surface area contributed by atoms with Crippen molar-refractivity contribution in [3.8, 4) is 0 Å². The first-order valence-corrected chi connectivity index (χ1v) is 10.2. The van der Waals surface area contributed by atoms with Gasteiger partial charge in [0.2, 0.25) is 11.8 Å². The Morgan fingerprint density at radius 2 is 1.77 bits per heavy atom. The zero-order chi connectivity index (χ0) is 22.2. The molecule has 0 saturated heterocycles. The lowest BCUT2D eigenvalue weighted by molar-refractivity contribution is -0.116. The molecule has 0 radical (unpaired) electrons. The zero-order valence-corrected chi connectivity index (χ0v) is 17.2. The summed E-state index contributed by atoms with van der Waals surface area (Å²) in [6, 6.07) is 11.3. The second kappa shape index (κ2) is 10.5. The van der Waals surface area contributed by atoms with Crippen LogP contribution in [-0.2, 0) is 22.6 Å². The molecule has 0 saturated carbocycles. The minimum absolute atomic E-state index is 0.0224. The van der Waals surface area contributed by atoms with Crippen LogP contribution in [0, 0.1) is 11.6 Å². The van der Waals surface area contributed by atoms with Crippen molar-refractivity contribution in [2.45, 2.75) is 18.1 Å². The molecule has 0 spiro atoms. The van der Waals surface area contributed by atoms with E-state index < -0.39 is 17.5 Å². The number of halogens is 2. The number of nitrogens with zero attached hydrogens (tertiary/aromatic N) is 3. The molecule has 2 amide bonds. The predicted octanol–water partition coefficient (Wildman–Crippen LogP) is 3.65. The molecule has 0 aliphatic carbocycles.